The van der Waals surface area contributed by atoms with E-state index in [2.05, 4.69) is 21.5 Å². The number of alkyl halides is 3. The van der Waals surface area contributed by atoms with Gasteiger partial charge in [0.15, 0.2) is 0 Å². The maximum absolute atomic E-state index is 13.6. The molecule has 2 aromatic carbocycles. The number of aliphatic carboxylic acids is 1. The fourth-order valence-corrected chi connectivity index (χ4v) is 5.74. The van der Waals surface area contributed by atoms with Gasteiger partial charge in [0.2, 0.25) is 0 Å². The standard InChI is InChI=1S/C24H16F4N2O4S2/c25-17-6-9-20-19(12-17)15(13-29-20)11-21(23(31)32)30-36(33,34)22-10-8-18(35-22)7-3-14-1-4-16(5-2-14)24(26,27)28/h1-2,4-6,8-10,12-13,21,29-30H,11H2,(H,31,32). The van der Waals surface area contributed by atoms with E-state index in [1.54, 1.807) is 0 Å². The zero-order valence-electron chi connectivity index (χ0n) is 18.1. The number of aromatic nitrogens is 1. The monoisotopic (exact) mass is 536 g/mol. The molecule has 2 aromatic heterocycles. The molecule has 2 heterocycles. The maximum atomic E-state index is 13.6. The number of H-pyrrole nitrogens is 1. The third kappa shape index (κ3) is 5.76. The summed E-state index contributed by atoms with van der Waals surface area (Å²) in [4.78, 5) is 15.0. The molecule has 0 radical (unpaired) electrons. The van der Waals surface area contributed by atoms with E-state index in [0.717, 1.165) is 23.5 Å². The predicted molar refractivity (Wildman–Crippen MR) is 125 cm³/mol. The molecule has 6 nitrogen and oxygen atoms in total. The van der Waals surface area contributed by atoms with Crippen LogP contribution in [0.15, 0.2) is 65.0 Å². The van der Waals surface area contributed by atoms with Crippen molar-refractivity contribution in [3.63, 3.8) is 0 Å². The summed E-state index contributed by atoms with van der Waals surface area (Å²) in [5, 5.41) is 10.0. The van der Waals surface area contributed by atoms with Crippen LogP contribution in [-0.2, 0) is 27.4 Å². The Hall–Kier alpha value is -3.66. The minimum absolute atomic E-state index is 0.185. The number of hydrogen-bond donors (Lipinski definition) is 3. The van der Waals surface area contributed by atoms with Gasteiger partial charge in [0.05, 0.1) is 10.4 Å². The number of carbonyl (C=O) groups is 1. The zero-order valence-corrected chi connectivity index (χ0v) is 19.7. The van der Waals surface area contributed by atoms with Crippen molar-refractivity contribution in [1.82, 2.24) is 9.71 Å². The van der Waals surface area contributed by atoms with Crippen molar-refractivity contribution in [3.8, 4) is 11.8 Å². The van der Waals surface area contributed by atoms with Crippen LogP contribution in [0.5, 0.6) is 0 Å². The molecule has 0 fully saturated rings. The highest BCUT2D eigenvalue weighted by molar-refractivity contribution is 7.91. The van der Waals surface area contributed by atoms with Crippen LogP contribution in [-0.4, -0.2) is 30.5 Å². The van der Waals surface area contributed by atoms with Crippen molar-refractivity contribution in [2.75, 3.05) is 0 Å². The van der Waals surface area contributed by atoms with Crippen LogP contribution >= 0.6 is 11.3 Å². The summed E-state index contributed by atoms with van der Waals surface area (Å²) in [7, 11) is -4.24. The van der Waals surface area contributed by atoms with Gasteiger partial charge in [0, 0.05) is 29.1 Å². The molecule has 1 atom stereocenters. The van der Waals surface area contributed by atoms with E-state index < -0.39 is 39.6 Å². The molecule has 36 heavy (non-hydrogen) atoms. The number of aromatic amines is 1. The van der Waals surface area contributed by atoms with Crippen molar-refractivity contribution in [2.45, 2.75) is 22.8 Å². The Bertz CT molecular complexity index is 1590. The van der Waals surface area contributed by atoms with Crippen LogP contribution in [0.1, 0.15) is 21.6 Å². The highest BCUT2D eigenvalue weighted by Crippen LogP contribution is 2.29. The third-order valence-corrected chi connectivity index (χ3v) is 8.10. The number of carboxylic acid groups (broad SMARTS) is 1. The number of nitrogens with one attached hydrogen (secondary N) is 2. The summed E-state index contributed by atoms with van der Waals surface area (Å²) >= 11 is 0.780. The first-order chi connectivity index (χ1) is 16.9. The molecular formula is C24H16F4N2O4S2. The van der Waals surface area contributed by atoms with Crippen molar-refractivity contribution >= 4 is 38.2 Å². The predicted octanol–water partition coefficient (Wildman–Crippen LogP) is 4.76. The minimum atomic E-state index is -4.46. The Morgan fingerprint density at radius 3 is 2.47 bits per heavy atom. The fourth-order valence-electron chi connectivity index (χ4n) is 3.37. The van der Waals surface area contributed by atoms with Gasteiger partial charge in [0.1, 0.15) is 16.1 Å². The van der Waals surface area contributed by atoms with E-state index in [1.807, 2.05) is 0 Å². The van der Waals surface area contributed by atoms with Crippen LogP contribution in [0.25, 0.3) is 10.9 Å². The summed E-state index contributed by atoms with van der Waals surface area (Å²) in [6.45, 7) is 0. The van der Waals surface area contributed by atoms with Gasteiger partial charge in [-0.15, -0.1) is 11.3 Å². The molecule has 4 rings (SSSR count). The number of halogens is 4. The molecule has 4 aromatic rings. The van der Waals surface area contributed by atoms with Crippen molar-refractivity contribution in [3.05, 3.63) is 88.2 Å². The molecule has 186 valence electrons. The number of sulfonamides is 1. The molecule has 1 unspecified atom stereocenters. The van der Waals surface area contributed by atoms with Crippen LogP contribution in [0.2, 0.25) is 0 Å². The molecular weight excluding hydrogens is 520 g/mol. The van der Waals surface area contributed by atoms with E-state index in [0.29, 0.717) is 26.9 Å². The molecule has 0 amide bonds. The summed E-state index contributed by atoms with van der Waals surface area (Å²) in [6, 6.07) is 9.31. The van der Waals surface area contributed by atoms with Gasteiger partial charge in [-0.1, -0.05) is 11.8 Å². The lowest BCUT2D eigenvalue weighted by atomic mass is 10.1. The molecule has 0 aliphatic rings. The van der Waals surface area contributed by atoms with E-state index in [4.69, 9.17) is 0 Å². The van der Waals surface area contributed by atoms with E-state index in [-0.39, 0.29) is 10.6 Å². The molecule has 12 heteroatoms. The summed E-state index contributed by atoms with van der Waals surface area (Å²) < 4.78 is 79.2. The van der Waals surface area contributed by atoms with E-state index >= 15 is 0 Å². The highest BCUT2D eigenvalue weighted by Gasteiger charge is 2.30. The molecule has 0 spiro atoms. The van der Waals surface area contributed by atoms with Gasteiger partial charge in [0.25, 0.3) is 10.0 Å². The van der Waals surface area contributed by atoms with Crippen molar-refractivity contribution in [2.24, 2.45) is 0 Å². The molecule has 0 saturated heterocycles. The first kappa shape index (κ1) is 25.4. The fraction of sp³-hybridized carbons (Fsp3) is 0.125. The largest absolute Gasteiger partial charge is 0.480 e. The molecule has 3 N–H and O–H groups in total. The first-order valence-corrected chi connectivity index (χ1v) is 12.5. The highest BCUT2D eigenvalue weighted by atomic mass is 32.2. The SMILES string of the molecule is O=C(O)C(Cc1c[nH]c2ccc(F)cc12)NS(=O)(=O)c1ccc(C#Cc2ccc(C(F)(F)F)cc2)s1. The summed E-state index contributed by atoms with van der Waals surface area (Å²) in [6.07, 6.45) is -3.20. The number of thiophene rings is 1. The average molecular weight is 537 g/mol. The lowest BCUT2D eigenvalue weighted by Crippen LogP contribution is -2.41. The Kier molecular flexibility index (Phi) is 6.90. The van der Waals surface area contributed by atoms with Crippen LogP contribution < -0.4 is 4.72 Å². The second-order valence-corrected chi connectivity index (χ2v) is 10.7. The molecule has 0 saturated carbocycles. The van der Waals surface area contributed by atoms with E-state index in [1.165, 1.54) is 48.7 Å². The smallest absolute Gasteiger partial charge is 0.416 e. The first-order valence-electron chi connectivity index (χ1n) is 10.2. The summed E-state index contributed by atoms with van der Waals surface area (Å²) in [5.41, 5.74) is 0.496. The Balaban J connectivity index is 1.50. The lowest BCUT2D eigenvalue weighted by molar-refractivity contribution is -0.139. The Morgan fingerprint density at radius 2 is 1.81 bits per heavy atom. The van der Waals surface area contributed by atoms with Crippen LogP contribution in [0.4, 0.5) is 17.6 Å². The van der Waals surface area contributed by atoms with E-state index in [9.17, 15) is 35.9 Å². The number of carboxylic acids is 1. The van der Waals surface area contributed by atoms with Crippen molar-refractivity contribution in [1.29, 1.82) is 0 Å². The topological polar surface area (TPSA) is 99.3 Å². The number of hydrogen-bond acceptors (Lipinski definition) is 4. The Morgan fingerprint density at radius 1 is 1.08 bits per heavy atom. The quantitative estimate of drug-likeness (QED) is 0.244. The zero-order chi connectivity index (χ0) is 26.1. The van der Waals surface area contributed by atoms with Crippen LogP contribution in [0, 0.1) is 17.7 Å². The van der Waals surface area contributed by atoms with Gasteiger partial charge in [-0.25, -0.2) is 12.8 Å². The average Bonchev–Trinajstić information content (AvgIpc) is 3.44. The number of fused-ring (bicyclic) bond motifs is 1. The minimum Gasteiger partial charge on any atom is -0.480 e. The van der Waals surface area contributed by atoms with Gasteiger partial charge >= 0.3 is 12.1 Å². The third-order valence-electron chi connectivity index (χ3n) is 5.14. The Labute approximate surface area is 206 Å². The summed E-state index contributed by atoms with van der Waals surface area (Å²) in [5.74, 6) is 3.42. The maximum Gasteiger partial charge on any atom is 0.416 e. The number of benzene rings is 2. The number of rotatable bonds is 6. The normalized spacial score (nSPS) is 12.8. The second kappa shape index (κ2) is 9.77. The van der Waals surface area contributed by atoms with Crippen LogP contribution in [0.3, 0.4) is 0 Å². The van der Waals surface area contributed by atoms with Gasteiger partial charge in [-0.3, -0.25) is 4.79 Å². The van der Waals surface area contributed by atoms with Crippen molar-refractivity contribution < 1.29 is 35.9 Å². The lowest BCUT2D eigenvalue weighted by Gasteiger charge is -2.13. The van der Waals surface area contributed by atoms with Gasteiger partial charge in [-0.05, 0) is 60.2 Å². The van der Waals surface area contributed by atoms with Gasteiger partial charge in [-0.2, -0.15) is 17.9 Å². The molecule has 0 bridgehead atoms. The molecule has 0 aliphatic heterocycles. The second-order valence-electron chi connectivity index (χ2n) is 7.66. The molecule has 0 aliphatic carbocycles. The van der Waals surface area contributed by atoms with Gasteiger partial charge < -0.3 is 10.1 Å².